The summed E-state index contributed by atoms with van der Waals surface area (Å²) in [4.78, 5) is 13.3. The maximum absolute atomic E-state index is 11.0. The molecule has 1 aliphatic heterocycles. The number of nitrogens with zero attached hydrogens (tertiary/aromatic N) is 1. The number of likely N-dealkylation sites (tertiary alicyclic amines) is 1. The molecule has 14 heavy (non-hydrogen) atoms. The molecule has 0 amide bonds. The van der Waals surface area contributed by atoms with Gasteiger partial charge in [0.25, 0.3) is 0 Å². The van der Waals surface area contributed by atoms with Crippen LogP contribution in [0.15, 0.2) is 0 Å². The van der Waals surface area contributed by atoms with Crippen molar-refractivity contribution in [2.24, 2.45) is 11.8 Å². The highest BCUT2D eigenvalue weighted by molar-refractivity contribution is 5.70. The standard InChI is InChI=1S/C11H21NO2/c1-9(2)7-10(11(13)14)8-12-5-3-4-6-12/h9-10H,3-8H2,1-2H3,(H,13,14). The molecule has 0 aliphatic carbocycles. The van der Waals surface area contributed by atoms with E-state index in [0.29, 0.717) is 5.92 Å². The van der Waals surface area contributed by atoms with Crippen molar-refractivity contribution in [2.75, 3.05) is 19.6 Å². The molecule has 1 N–H and O–H groups in total. The van der Waals surface area contributed by atoms with Crippen LogP contribution in [0.1, 0.15) is 33.1 Å². The van der Waals surface area contributed by atoms with Crippen LogP contribution in [-0.4, -0.2) is 35.6 Å². The number of carbonyl (C=O) groups is 1. The Hall–Kier alpha value is -0.570. The Morgan fingerprint density at radius 2 is 1.93 bits per heavy atom. The second kappa shape index (κ2) is 5.35. The fraction of sp³-hybridized carbons (Fsp3) is 0.909. The molecule has 0 bridgehead atoms. The normalized spacial score (nSPS) is 20.2. The molecular weight excluding hydrogens is 178 g/mol. The molecule has 3 nitrogen and oxygen atoms in total. The second-order valence-electron chi connectivity index (χ2n) is 4.67. The first kappa shape index (κ1) is 11.5. The maximum atomic E-state index is 11.0. The lowest BCUT2D eigenvalue weighted by molar-refractivity contribution is -0.142. The first-order valence-corrected chi connectivity index (χ1v) is 5.54. The predicted octanol–water partition coefficient (Wildman–Crippen LogP) is 1.83. The van der Waals surface area contributed by atoms with Gasteiger partial charge in [-0.25, -0.2) is 0 Å². The van der Waals surface area contributed by atoms with Gasteiger partial charge in [0.05, 0.1) is 5.92 Å². The van der Waals surface area contributed by atoms with Gasteiger partial charge >= 0.3 is 5.97 Å². The summed E-state index contributed by atoms with van der Waals surface area (Å²) >= 11 is 0. The summed E-state index contributed by atoms with van der Waals surface area (Å²) in [6.07, 6.45) is 3.26. The molecule has 1 rings (SSSR count). The third-order valence-electron chi connectivity index (χ3n) is 2.78. The Morgan fingerprint density at radius 3 is 2.36 bits per heavy atom. The van der Waals surface area contributed by atoms with E-state index in [2.05, 4.69) is 18.7 Å². The van der Waals surface area contributed by atoms with E-state index in [-0.39, 0.29) is 5.92 Å². The quantitative estimate of drug-likeness (QED) is 0.734. The van der Waals surface area contributed by atoms with Gasteiger partial charge in [-0.1, -0.05) is 13.8 Å². The van der Waals surface area contributed by atoms with Crippen LogP contribution in [0.4, 0.5) is 0 Å². The van der Waals surface area contributed by atoms with Crippen LogP contribution in [0.2, 0.25) is 0 Å². The van der Waals surface area contributed by atoms with E-state index in [1.54, 1.807) is 0 Å². The van der Waals surface area contributed by atoms with Gasteiger partial charge in [-0.05, 0) is 38.3 Å². The summed E-state index contributed by atoms with van der Waals surface area (Å²) in [7, 11) is 0. The monoisotopic (exact) mass is 199 g/mol. The Morgan fingerprint density at radius 1 is 1.36 bits per heavy atom. The SMILES string of the molecule is CC(C)CC(CN1CCCC1)C(=O)O. The molecule has 82 valence electrons. The average Bonchev–Trinajstić information content (AvgIpc) is 2.54. The van der Waals surface area contributed by atoms with Crippen LogP contribution in [0.5, 0.6) is 0 Å². The molecule has 0 aromatic heterocycles. The van der Waals surface area contributed by atoms with Gasteiger partial charge in [-0.3, -0.25) is 4.79 Å². The van der Waals surface area contributed by atoms with E-state index < -0.39 is 5.97 Å². The molecule has 1 heterocycles. The van der Waals surface area contributed by atoms with Crippen molar-refractivity contribution in [3.05, 3.63) is 0 Å². The fourth-order valence-corrected chi connectivity index (χ4v) is 2.10. The maximum Gasteiger partial charge on any atom is 0.307 e. The molecule has 0 aromatic carbocycles. The molecular formula is C11H21NO2. The minimum Gasteiger partial charge on any atom is -0.481 e. The van der Waals surface area contributed by atoms with Crippen molar-refractivity contribution in [1.82, 2.24) is 4.90 Å². The van der Waals surface area contributed by atoms with Crippen LogP contribution in [0, 0.1) is 11.8 Å². The number of aliphatic carboxylic acids is 1. The Labute approximate surface area is 86.1 Å². The van der Waals surface area contributed by atoms with Gasteiger partial charge in [0.2, 0.25) is 0 Å². The lowest BCUT2D eigenvalue weighted by Crippen LogP contribution is -2.31. The number of carboxylic acids is 1. The minimum absolute atomic E-state index is 0.173. The second-order valence-corrected chi connectivity index (χ2v) is 4.67. The molecule has 0 radical (unpaired) electrons. The van der Waals surface area contributed by atoms with Gasteiger partial charge in [0, 0.05) is 6.54 Å². The van der Waals surface area contributed by atoms with E-state index >= 15 is 0 Å². The van der Waals surface area contributed by atoms with E-state index in [0.717, 1.165) is 26.1 Å². The molecule has 0 spiro atoms. The first-order valence-electron chi connectivity index (χ1n) is 5.54. The largest absolute Gasteiger partial charge is 0.481 e. The zero-order chi connectivity index (χ0) is 10.6. The zero-order valence-corrected chi connectivity index (χ0v) is 9.20. The van der Waals surface area contributed by atoms with Crippen LogP contribution in [0.25, 0.3) is 0 Å². The van der Waals surface area contributed by atoms with Gasteiger partial charge in [-0.2, -0.15) is 0 Å². The van der Waals surface area contributed by atoms with Gasteiger partial charge in [0.1, 0.15) is 0 Å². The predicted molar refractivity (Wildman–Crippen MR) is 56.3 cm³/mol. The van der Waals surface area contributed by atoms with Crippen LogP contribution in [0.3, 0.4) is 0 Å². The summed E-state index contributed by atoms with van der Waals surface area (Å²) in [6, 6.07) is 0. The van der Waals surface area contributed by atoms with E-state index in [1.807, 2.05) is 0 Å². The van der Waals surface area contributed by atoms with E-state index in [9.17, 15) is 4.79 Å². The van der Waals surface area contributed by atoms with Crippen LogP contribution < -0.4 is 0 Å². The lowest BCUT2D eigenvalue weighted by Gasteiger charge is -2.21. The van der Waals surface area contributed by atoms with Crippen molar-refractivity contribution in [2.45, 2.75) is 33.1 Å². The number of carboxylic acid groups (broad SMARTS) is 1. The van der Waals surface area contributed by atoms with Crippen molar-refractivity contribution in [3.63, 3.8) is 0 Å². The van der Waals surface area contributed by atoms with Crippen molar-refractivity contribution in [1.29, 1.82) is 0 Å². The highest BCUT2D eigenvalue weighted by Gasteiger charge is 2.23. The number of hydrogen-bond acceptors (Lipinski definition) is 2. The van der Waals surface area contributed by atoms with Gasteiger partial charge < -0.3 is 10.0 Å². The number of rotatable bonds is 5. The van der Waals surface area contributed by atoms with E-state index in [4.69, 9.17) is 5.11 Å². The molecule has 1 fully saturated rings. The highest BCUT2D eigenvalue weighted by Crippen LogP contribution is 2.16. The molecule has 1 aliphatic rings. The summed E-state index contributed by atoms with van der Waals surface area (Å²) in [5, 5.41) is 9.06. The van der Waals surface area contributed by atoms with E-state index in [1.165, 1.54) is 12.8 Å². The Balaban J connectivity index is 2.37. The summed E-state index contributed by atoms with van der Waals surface area (Å²) in [5.41, 5.74) is 0. The fourth-order valence-electron chi connectivity index (χ4n) is 2.10. The summed E-state index contributed by atoms with van der Waals surface area (Å²) < 4.78 is 0. The molecule has 1 unspecified atom stereocenters. The lowest BCUT2D eigenvalue weighted by atomic mass is 9.97. The van der Waals surface area contributed by atoms with Gasteiger partial charge in [-0.15, -0.1) is 0 Å². The topological polar surface area (TPSA) is 40.5 Å². The van der Waals surface area contributed by atoms with Crippen molar-refractivity contribution in [3.8, 4) is 0 Å². The third-order valence-corrected chi connectivity index (χ3v) is 2.78. The number of hydrogen-bond donors (Lipinski definition) is 1. The highest BCUT2D eigenvalue weighted by atomic mass is 16.4. The minimum atomic E-state index is -0.634. The smallest absolute Gasteiger partial charge is 0.307 e. The van der Waals surface area contributed by atoms with Crippen LogP contribution in [-0.2, 0) is 4.79 Å². The zero-order valence-electron chi connectivity index (χ0n) is 9.20. The van der Waals surface area contributed by atoms with Gasteiger partial charge in [0.15, 0.2) is 0 Å². The van der Waals surface area contributed by atoms with Crippen molar-refractivity contribution < 1.29 is 9.90 Å². The first-order chi connectivity index (χ1) is 6.59. The summed E-state index contributed by atoms with van der Waals surface area (Å²) in [5.74, 6) is -0.336. The third kappa shape index (κ3) is 3.66. The summed E-state index contributed by atoms with van der Waals surface area (Å²) in [6.45, 7) is 7.08. The molecule has 0 aromatic rings. The molecule has 0 saturated carbocycles. The van der Waals surface area contributed by atoms with Crippen molar-refractivity contribution >= 4 is 5.97 Å². The van der Waals surface area contributed by atoms with Crippen LogP contribution >= 0.6 is 0 Å². The Kier molecular flexibility index (Phi) is 4.39. The average molecular weight is 199 g/mol. The molecule has 1 atom stereocenters. The Bertz CT molecular complexity index is 186. The molecule has 3 heteroatoms. The molecule has 1 saturated heterocycles.